The Labute approximate surface area is 152 Å². The molecule has 0 saturated carbocycles. The third kappa shape index (κ3) is 3.93. The number of hydrogen-bond acceptors (Lipinski definition) is 6. The fourth-order valence-electron chi connectivity index (χ4n) is 2.15. The first-order valence-corrected chi connectivity index (χ1v) is 7.70. The van der Waals surface area contributed by atoms with Crippen molar-refractivity contribution in [2.75, 3.05) is 0 Å². The zero-order valence-electron chi connectivity index (χ0n) is 13.1. The summed E-state index contributed by atoms with van der Waals surface area (Å²) in [6.07, 6.45) is 4.29. The predicted molar refractivity (Wildman–Crippen MR) is 95.1 cm³/mol. The van der Waals surface area contributed by atoms with Crippen molar-refractivity contribution in [3.63, 3.8) is 0 Å². The minimum atomic E-state index is -0.535. The molecule has 0 spiro atoms. The second-order valence-electron chi connectivity index (χ2n) is 5.06. The number of rotatable bonds is 5. The lowest BCUT2D eigenvalue weighted by molar-refractivity contribution is -0.384. The number of benzene rings is 1. The molecule has 0 aliphatic rings. The van der Waals surface area contributed by atoms with E-state index in [4.69, 9.17) is 16.0 Å². The topological polar surface area (TPSA) is 111 Å². The molecular formula is C17H11ClN4O4. The molecule has 1 amide bonds. The number of nitro groups is 1. The molecular weight excluding hydrogens is 360 g/mol. The number of halogens is 1. The number of hydrogen-bond donors (Lipinski definition) is 1. The highest BCUT2D eigenvalue weighted by Crippen LogP contribution is 2.33. The highest BCUT2D eigenvalue weighted by Gasteiger charge is 2.18. The molecule has 0 radical (unpaired) electrons. The predicted octanol–water partition coefficient (Wildman–Crippen LogP) is 3.67. The van der Waals surface area contributed by atoms with Crippen LogP contribution in [0, 0.1) is 10.1 Å². The summed E-state index contributed by atoms with van der Waals surface area (Å²) in [5, 5.41) is 15.2. The van der Waals surface area contributed by atoms with Crippen LogP contribution < -0.4 is 5.43 Å². The maximum absolute atomic E-state index is 11.8. The summed E-state index contributed by atoms with van der Waals surface area (Å²) in [6.45, 7) is 0. The quantitative estimate of drug-likeness (QED) is 0.418. The summed E-state index contributed by atoms with van der Waals surface area (Å²) in [7, 11) is 0. The van der Waals surface area contributed by atoms with Crippen LogP contribution in [0.1, 0.15) is 16.1 Å². The van der Waals surface area contributed by atoms with E-state index in [0.717, 1.165) is 0 Å². The van der Waals surface area contributed by atoms with Gasteiger partial charge in [-0.15, -0.1) is 0 Å². The average molecular weight is 371 g/mol. The van der Waals surface area contributed by atoms with E-state index >= 15 is 0 Å². The van der Waals surface area contributed by atoms with Gasteiger partial charge in [-0.3, -0.25) is 19.9 Å². The first-order valence-electron chi connectivity index (χ1n) is 7.32. The fraction of sp³-hybridized carbons (Fsp3) is 0. The van der Waals surface area contributed by atoms with E-state index < -0.39 is 10.8 Å². The summed E-state index contributed by atoms with van der Waals surface area (Å²) in [5.74, 6) is 0.207. The van der Waals surface area contributed by atoms with Crippen molar-refractivity contribution in [3.8, 4) is 11.3 Å². The van der Waals surface area contributed by atoms with E-state index in [9.17, 15) is 14.9 Å². The molecule has 8 nitrogen and oxygen atoms in total. The van der Waals surface area contributed by atoms with Gasteiger partial charge in [0.05, 0.1) is 16.7 Å². The molecule has 0 aliphatic carbocycles. The van der Waals surface area contributed by atoms with E-state index in [1.165, 1.54) is 36.8 Å². The van der Waals surface area contributed by atoms with Crippen LogP contribution in [0.2, 0.25) is 5.02 Å². The molecule has 0 fully saturated rings. The first kappa shape index (κ1) is 17.3. The van der Waals surface area contributed by atoms with Gasteiger partial charge in [0.15, 0.2) is 0 Å². The summed E-state index contributed by atoms with van der Waals surface area (Å²) >= 11 is 5.80. The van der Waals surface area contributed by atoms with E-state index in [0.29, 0.717) is 16.9 Å². The highest BCUT2D eigenvalue weighted by atomic mass is 35.5. The standard InChI is InChI=1S/C17H11ClN4O4/c18-12-1-3-14(15(9-12)22(24)25)16-4-2-13(26-16)10-20-21-17(23)11-5-7-19-8-6-11/h1-10H,(H,21,23)/b20-10+. The second kappa shape index (κ2) is 7.58. The number of pyridine rings is 1. The van der Waals surface area contributed by atoms with Crippen LogP contribution >= 0.6 is 11.6 Å². The Bertz CT molecular complexity index is 985. The largest absolute Gasteiger partial charge is 0.455 e. The lowest BCUT2D eigenvalue weighted by Gasteiger charge is -2.00. The van der Waals surface area contributed by atoms with Gasteiger partial charge in [0, 0.05) is 29.0 Å². The van der Waals surface area contributed by atoms with Gasteiger partial charge in [-0.05, 0) is 36.4 Å². The number of aromatic nitrogens is 1. The molecule has 0 bridgehead atoms. The molecule has 0 aliphatic heterocycles. The molecule has 0 unspecified atom stereocenters. The smallest absolute Gasteiger partial charge is 0.281 e. The summed E-state index contributed by atoms with van der Waals surface area (Å²) in [5.41, 5.74) is 2.89. The van der Waals surface area contributed by atoms with Crippen LogP contribution in [0.25, 0.3) is 11.3 Å². The number of carbonyl (C=O) groups is 1. The Morgan fingerprint density at radius 3 is 2.73 bits per heavy atom. The number of carbonyl (C=O) groups excluding carboxylic acids is 1. The van der Waals surface area contributed by atoms with E-state index in [1.54, 1.807) is 24.3 Å². The van der Waals surface area contributed by atoms with Crippen molar-refractivity contribution in [2.45, 2.75) is 0 Å². The Kier molecular flexibility index (Phi) is 5.04. The van der Waals surface area contributed by atoms with Crippen LogP contribution in [-0.4, -0.2) is 22.0 Å². The molecule has 9 heteroatoms. The molecule has 0 saturated heterocycles. The molecule has 0 atom stereocenters. The van der Waals surface area contributed by atoms with E-state index in [2.05, 4.69) is 15.5 Å². The first-order chi connectivity index (χ1) is 12.5. The number of nitrogens with one attached hydrogen (secondary N) is 1. The zero-order valence-corrected chi connectivity index (χ0v) is 13.9. The second-order valence-corrected chi connectivity index (χ2v) is 5.49. The van der Waals surface area contributed by atoms with Crippen LogP contribution in [0.4, 0.5) is 5.69 Å². The van der Waals surface area contributed by atoms with Crippen LogP contribution in [-0.2, 0) is 0 Å². The van der Waals surface area contributed by atoms with E-state index in [1.807, 2.05) is 0 Å². The van der Waals surface area contributed by atoms with Crippen molar-refractivity contribution in [1.82, 2.24) is 10.4 Å². The normalized spacial score (nSPS) is 10.8. The minimum absolute atomic E-state index is 0.165. The van der Waals surface area contributed by atoms with Crippen molar-refractivity contribution in [1.29, 1.82) is 0 Å². The highest BCUT2D eigenvalue weighted by molar-refractivity contribution is 6.30. The van der Waals surface area contributed by atoms with Gasteiger partial charge in [-0.25, -0.2) is 5.43 Å². The molecule has 2 heterocycles. The van der Waals surface area contributed by atoms with Crippen LogP contribution in [0.3, 0.4) is 0 Å². The molecule has 2 aromatic heterocycles. The van der Waals surface area contributed by atoms with Gasteiger partial charge in [-0.2, -0.15) is 5.10 Å². The van der Waals surface area contributed by atoms with Crippen molar-refractivity contribution in [3.05, 3.63) is 81.3 Å². The van der Waals surface area contributed by atoms with Crippen molar-refractivity contribution in [2.24, 2.45) is 5.10 Å². The molecule has 3 aromatic rings. The SMILES string of the molecule is O=C(N/N=C/c1ccc(-c2ccc(Cl)cc2[N+](=O)[O-])o1)c1ccncc1. The average Bonchev–Trinajstić information content (AvgIpc) is 3.11. The van der Waals surface area contributed by atoms with Gasteiger partial charge in [0.25, 0.3) is 11.6 Å². The van der Waals surface area contributed by atoms with Gasteiger partial charge in [-0.1, -0.05) is 11.6 Å². The monoisotopic (exact) mass is 370 g/mol. The molecule has 1 aromatic carbocycles. The van der Waals surface area contributed by atoms with Crippen molar-refractivity contribution >= 4 is 29.4 Å². The lowest BCUT2D eigenvalue weighted by atomic mass is 10.1. The number of nitrogens with zero attached hydrogens (tertiary/aromatic N) is 3. The maximum Gasteiger partial charge on any atom is 0.281 e. The van der Waals surface area contributed by atoms with Gasteiger partial charge in [0.1, 0.15) is 11.5 Å². The van der Waals surface area contributed by atoms with Gasteiger partial charge < -0.3 is 4.42 Å². The Balaban J connectivity index is 1.75. The Hall–Kier alpha value is -3.52. The number of nitro benzene ring substituents is 1. The molecule has 26 heavy (non-hydrogen) atoms. The number of amides is 1. The number of hydrazone groups is 1. The zero-order chi connectivity index (χ0) is 18.5. The Morgan fingerprint density at radius 2 is 2.00 bits per heavy atom. The van der Waals surface area contributed by atoms with Gasteiger partial charge in [0.2, 0.25) is 0 Å². The third-order valence-electron chi connectivity index (χ3n) is 3.35. The van der Waals surface area contributed by atoms with E-state index in [-0.39, 0.29) is 16.5 Å². The summed E-state index contributed by atoms with van der Waals surface area (Å²) in [4.78, 5) is 26.3. The van der Waals surface area contributed by atoms with Crippen LogP contribution in [0.15, 0.2) is 64.4 Å². The van der Waals surface area contributed by atoms with Crippen LogP contribution in [0.5, 0.6) is 0 Å². The lowest BCUT2D eigenvalue weighted by Crippen LogP contribution is -2.17. The molecule has 130 valence electrons. The Morgan fingerprint density at radius 1 is 1.23 bits per heavy atom. The maximum atomic E-state index is 11.8. The van der Waals surface area contributed by atoms with Gasteiger partial charge >= 0.3 is 0 Å². The molecule has 3 rings (SSSR count). The third-order valence-corrected chi connectivity index (χ3v) is 3.58. The molecule has 1 N–H and O–H groups in total. The summed E-state index contributed by atoms with van der Waals surface area (Å²) in [6, 6.07) is 10.5. The van der Waals surface area contributed by atoms with Crippen molar-refractivity contribution < 1.29 is 14.1 Å². The number of furan rings is 1. The summed E-state index contributed by atoms with van der Waals surface area (Å²) < 4.78 is 5.53. The fourth-order valence-corrected chi connectivity index (χ4v) is 2.32. The minimum Gasteiger partial charge on any atom is -0.455 e.